The van der Waals surface area contributed by atoms with Crippen LogP contribution in [-0.4, -0.2) is 29.8 Å². The van der Waals surface area contributed by atoms with E-state index < -0.39 is 24.8 Å². The summed E-state index contributed by atoms with van der Waals surface area (Å²) in [7, 11) is 0. The van der Waals surface area contributed by atoms with Gasteiger partial charge in [0.25, 0.3) is 0 Å². The van der Waals surface area contributed by atoms with E-state index in [1.54, 1.807) is 48.8 Å². The zero-order valence-electron chi connectivity index (χ0n) is 13.3. The van der Waals surface area contributed by atoms with E-state index in [1.807, 2.05) is 0 Å². The van der Waals surface area contributed by atoms with E-state index in [2.05, 4.69) is 9.72 Å². The number of esters is 1. The van der Waals surface area contributed by atoms with Gasteiger partial charge in [0.1, 0.15) is 17.5 Å². The van der Waals surface area contributed by atoms with Gasteiger partial charge in [-0.1, -0.05) is 12.1 Å². The van der Waals surface area contributed by atoms with Crippen LogP contribution in [0.2, 0.25) is 0 Å². The average Bonchev–Trinajstić information content (AvgIpc) is 2.54. The number of hydrogen-bond donors (Lipinski definition) is 1. The summed E-state index contributed by atoms with van der Waals surface area (Å²) in [5, 5.41) is 0. The molecule has 2 rings (SSSR count). The van der Waals surface area contributed by atoms with Gasteiger partial charge in [-0.05, 0) is 36.2 Å². The second-order valence-corrected chi connectivity index (χ2v) is 4.96. The van der Waals surface area contributed by atoms with Crippen LogP contribution in [0.3, 0.4) is 0 Å². The number of ether oxygens (including phenoxy) is 2. The van der Waals surface area contributed by atoms with Crippen LogP contribution in [0.15, 0.2) is 48.8 Å². The third kappa shape index (κ3) is 8.37. The maximum absolute atomic E-state index is 12.0. The highest BCUT2D eigenvalue weighted by Gasteiger charge is 2.30. The minimum atomic E-state index is -4.57. The molecule has 1 aromatic heterocycles. The SMILES string of the molecule is Cl.Cl.N[C@@H](Cc1ccc(Oc2ccncc2)cc1)C(=O)OCC(F)(F)F. The zero-order chi connectivity index (χ0) is 17.6. The number of benzene rings is 1. The topological polar surface area (TPSA) is 74.4 Å². The molecule has 0 saturated heterocycles. The lowest BCUT2D eigenvalue weighted by atomic mass is 10.1. The predicted molar refractivity (Wildman–Crippen MR) is 93.9 cm³/mol. The minimum absolute atomic E-state index is 0. The van der Waals surface area contributed by atoms with Gasteiger partial charge in [-0.2, -0.15) is 13.2 Å². The molecule has 5 nitrogen and oxygen atoms in total. The third-order valence-corrected chi connectivity index (χ3v) is 2.95. The molecule has 2 aromatic rings. The van der Waals surface area contributed by atoms with Gasteiger partial charge in [-0.25, -0.2) is 0 Å². The maximum Gasteiger partial charge on any atom is 0.422 e. The first kappa shape index (κ1) is 24.0. The summed E-state index contributed by atoms with van der Waals surface area (Å²) in [6.45, 7) is -1.64. The molecule has 10 heteroatoms. The summed E-state index contributed by atoms with van der Waals surface area (Å²) in [4.78, 5) is 15.3. The van der Waals surface area contributed by atoms with Crippen molar-refractivity contribution in [2.24, 2.45) is 5.73 Å². The Hall–Kier alpha value is -2.03. The number of carbonyl (C=O) groups is 1. The van der Waals surface area contributed by atoms with Gasteiger partial charge in [0.05, 0.1) is 0 Å². The van der Waals surface area contributed by atoms with Gasteiger partial charge in [0, 0.05) is 12.4 Å². The summed E-state index contributed by atoms with van der Waals surface area (Å²) in [5.41, 5.74) is 6.23. The summed E-state index contributed by atoms with van der Waals surface area (Å²) in [5.74, 6) is 0.0905. The number of hydrogen-bond acceptors (Lipinski definition) is 5. The maximum atomic E-state index is 12.0. The van der Waals surface area contributed by atoms with Gasteiger partial charge in [-0.3, -0.25) is 9.78 Å². The van der Waals surface area contributed by atoms with Crippen LogP contribution >= 0.6 is 24.8 Å². The van der Waals surface area contributed by atoms with Crippen molar-refractivity contribution in [3.05, 3.63) is 54.4 Å². The normalized spacial score (nSPS) is 11.5. The van der Waals surface area contributed by atoms with Crippen LogP contribution in [-0.2, 0) is 16.0 Å². The fraction of sp³-hybridized carbons (Fsp3) is 0.250. The van der Waals surface area contributed by atoms with Crippen molar-refractivity contribution in [2.45, 2.75) is 18.6 Å². The average molecular weight is 413 g/mol. The number of nitrogens with zero attached hydrogens (tertiary/aromatic N) is 1. The Kier molecular flexibility index (Phi) is 10.0. The van der Waals surface area contributed by atoms with Gasteiger partial charge < -0.3 is 15.2 Å². The molecule has 0 bridgehead atoms. The summed E-state index contributed by atoms with van der Waals surface area (Å²) < 4.78 is 45.7. The van der Waals surface area contributed by atoms with Crippen molar-refractivity contribution in [2.75, 3.05) is 6.61 Å². The Labute approximate surface area is 160 Å². The summed E-state index contributed by atoms with van der Waals surface area (Å²) in [6.07, 6.45) is -1.32. The molecule has 26 heavy (non-hydrogen) atoms. The molecule has 0 saturated carbocycles. The van der Waals surface area contributed by atoms with Crippen molar-refractivity contribution in [3.63, 3.8) is 0 Å². The standard InChI is InChI=1S/C16H15F3N2O3.2ClH/c17-16(18,19)10-23-15(22)14(20)9-11-1-3-12(4-2-11)24-13-5-7-21-8-6-13;;/h1-8,14H,9-10,20H2;2*1H/t14-;;/m0../s1. The van der Waals surface area contributed by atoms with E-state index in [0.717, 1.165) is 0 Å². The predicted octanol–water partition coefficient (Wildman–Crippen LogP) is 3.69. The molecular weight excluding hydrogens is 396 g/mol. The zero-order valence-corrected chi connectivity index (χ0v) is 14.9. The van der Waals surface area contributed by atoms with Crippen molar-refractivity contribution in [1.82, 2.24) is 4.98 Å². The van der Waals surface area contributed by atoms with Crippen molar-refractivity contribution < 1.29 is 27.4 Å². The minimum Gasteiger partial charge on any atom is -0.457 e. The number of carbonyl (C=O) groups excluding carboxylic acids is 1. The van der Waals surface area contributed by atoms with Crippen LogP contribution in [0.25, 0.3) is 0 Å². The highest BCUT2D eigenvalue weighted by Crippen LogP contribution is 2.21. The molecule has 0 radical (unpaired) electrons. The first-order valence-electron chi connectivity index (χ1n) is 6.99. The van der Waals surface area contributed by atoms with Gasteiger partial charge >= 0.3 is 12.1 Å². The Balaban J connectivity index is 0.00000312. The number of halogens is 5. The molecule has 1 aromatic carbocycles. The van der Waals surface area contributed by atoms with E-state index >= 15 is 0 Å². The van der Waals surface area contributed by atoms with E-state index in [-0.39, 0.29) is 31.2 Å². The van der Waals surface area contributed by atoms with Crippen molar-refractivity contribution >= 4 is 30.8 Å². The Morgan fingerprint density at radius 2 is 1.58 bits per heavy atom. The number of aromatic nitrogens is 1. The fourth-order valence-electron chi connectivity index (χ4n) is 1.83. The van der Waals surface area contributed by atoms with Crippen LogP contribution < -0.4 is 10.5 Å². The number of alkyl halides is 3. The van der Waals surface area contributed by atoms with Crippen LogP contribution in [0.5, 0.6) is 11.5 Å². The first-order valence-corrected chi connectivity index (χ1v) is 6.99. The Morgan fingerprint density at radius 1 is 1.04 bits per heavy atom. The van der Waals surface area contributed by atoms with E-state index in [0.29, 0.717) is 17.1 Å². The van der Waals surface area contributed by atoms with E-state index in [1.165, 1.54) is 0 Å². The summed E-state index contributed by atoms with van der Waals surface area (Å²) in [6, 6.07) is 8.91. The second-order valence-electron chi connectivity index (χ2n) is 4.96. The molecule has 0 spiro atoms. The molecule has 0 aliphatic carbocycles. The van der Waals surface area contributed by atoms with Crippen molar-refractivity contribution in [3.8, 4) is 11.5 Å². The largest absolute Gasteiger partial charge is 0.457 e. The highest BCUT2D eigenvalue weighted by atomic mass is 35.5. The third-order valence-electron chi connectivity index (χ3n) is 2.95. The highest BCUT2D eigenvalue weighted by molar-refractivity contribution is 5.85. The van der Waals surface area contributed by atoms with E-state index in [4.69, 9.17) is 10.5 Å². The molecule has 1 atom stereocenters. The van der Waals surface area contributed by atoms with Crippen LogP contribution in [0, 0.1) is 0 Å². The smallest absolute Gasteiger partial charge is 0.422 e. The lowest BCUT2D eigenvalue weighted by molar-refractivity contribution is -0.187. The Bertz CT molecular complexity index is 671. The van der Waals surface area contributed by atoms with E-state index in [9.17, 15) is 18.0 Å². The Morgan fingerprint density at radius 3 is 2.12 bits per heavy atom. The number of pyridine rings is 1. The molecule has 2 N–H and O–H groups in total. The molecule has 0 amide bonds. The molecular formula is C16H17Cl2F3N2O3. The van der Waals surface area contributed by atoms with Crippen molar-refractivity contribution in [1.29, 1.82) is 0 Å². The number of rotatable bonds is 6. The molecule has 1 heterocycles. The van der Waals surface area contributed by atoms with Gasteiger partial charge in [-0.15, -0.1) is 24.8 Å². The van der Waals surface area contributed by atoms with Crippen LogP contribution in [0.4, 0.5) is 13.2 Å². The van der Waals surface area contributed by atoms with Gasteiger partial charge in [0.15, 0.2) is 6.61 Å². The first-order chi connectivity index (χ1) is 11.3. The number of nitrogens with two attached hydrogens (primary N) is 1. The molecule has 0 unspecified atom stereocenters. The van der Waals surface area contributed by atoms with Gasteiger partial charge in [0.2, 0.25) is 0 Å². The lowest BCUT2D eigenvalue weighted by Gasteiger charge is -2.13. The lowest BCUT2D eigenvalue weighted by Crippen LogP contribution is -2.36. The second kappa shape index (κ2) is 10.8. The molecule has 0 aliphatic rings. The van der Waals surface area contributed by atoms with Crippen LogP contribution in [0.1, 0.15) is 5.56 Å². The summed E-state index contributed by atoms with van der Waals surface area (Å²) >= 11 is 0. The molecule has 0 aliphatic heterocycles. The molecule has 0 fully saturated rings. The quantitative estimate of drug-likeness (QED) is 0.732. The monoisotopic (exact) mass is 412 g/mol. The fourth-order valence-corrected chi connectivity index (χ4v) is 1.83. The molecule has 144 valence electrons.